The van der Waals surface area contributed by atoms with Crippen molar-refractivity contribution in [2.75, 3.05) is 13.1 Å². The summed E-state index contributed by atoms with van der Waals surface area (Å²) in [5.41, 5.74) is 1.95. The predicted molar refractivity (Wildman–Crippen MR) is 73.0 cm³/mol. The highest BCUT2D eigenvalue weighted by Crippen LogP contribution is 2.36. The predicted octanol–water partition coefficient (Wildman–Crippen LogP) is 2.90. The maximum absolute atomic E-state index is 12.6. The number of alkyl halides is 6. The van der Waals surface area contributed by atoms with E-state index in [4.69, 9.17) is 5.73 Å². The molecule has 1 rings (SSSR count). The Morgan fingerprint density at radius 3 is 1.83 bits per heavy atom. The highest BCUT2D eigenvalue weighted by atomic mass is 35.5. The highest BCUT2D eigenvalue weighted by molar-refractivity contribution is 5.85. The van der Waals surface area contributed by atoms with E-state index in [1.165, 1.54) is 0 Å². The molecule has 0 unspecified atom stereocenters. The number of carbonyl (C=O) groups is 1. The Hall–Kier alpha value is -1.68. The molecule has 0 atom stereocenters. The third-order valence-corrected chi connectivity index (χ3v) is 2.53. The summed E-state index contributed by atoms with van der Waals surface area (Å²) >= 11 is 0. The van der Waals surface area contributed by atoms with Gasteiger partial charge in [0, 0.05) is 19.6 Å². The Kier molecular flexibility index (Phi) is 7.65. The molecular formula is C12H14ClF6N3O. The summed E-state index contributed by atoms with van der Waals surface area (Å²) in [6.07, 6.45) is -9.84. The van der Waals surface area contributed by atoms with Crippen LogP contribution in [0.3, 0.4) is 0 Å². The molecule has 4 nitrogen and oxygen atoms in total. The Morgan fingerprint density at radius 1 is 0.957 bits per heavy atom. The lowest BCUT2D eigenvalue weighted by Gasteiger charge is -2.14. The van der Waals surface area contributed by atoms with Gasteiger partial charge >= 0.3 is 18.4 Å². The van der Waals surface area contributed by atoms with E-state index < -0.39 is 36.1 Å². The van der Waals surface area contributed by atoms with Gasteiger partial charge in [0.15, 0.2) is 0 Å². The van der Waals surface area contributed by atoms with E-state index in [9.17, 15) is 31.1 Å². The molecule has 0 fully saturated rings. The maximum atomic E-state index is 12.6. The van der Waals surface area contributed by atoms with Crippen LogP contribution in [0.1, 0.15) is 16.7 Å². The summed E-state index contributed by atoms with van der Waals surface area (Å²) in [6.45, 7) is -0.208. The quantitative estimate of drug-likeness (QED) is 0.718. The average Bonchev–Trinajstić information content (AvgIpc) is 2.40. The number of nitrogens with two attached hydrogens (primary N) is 1. The highest BCUT2D eigenvalue weighted by Gasteiger charge is 2.36. The number of nitrogens with one attached hydrogen (secondary N) is 2. The summed E-state index contributed by atoms with van der Waals surface area (Å²) in [5, 5.41) is 4.42. The minimum Gasteiger partial charge on any atom is -0.337 e. The van der Waals surface area contributed by atoms with Crippen molar-refractivity contribution < 1.29 is 31.1 Å². The number of hydrogen-bond donors (Lipinski definition) is 3. The van der Waals surface area contributed by atoms with Crippen LogP contribution in [0, 0.1) is 0 Å². The van der Waals surface area contributed by atoms with Gasteiger partial charge in [-0.05, 0) is 23.8 Å². The van der Waals surface area contributed by atoms with E-state index in [2.05, 4.69) is 10.6 Å². The second-order valence-electron chi connectivity index (χ2n) is 4.31. The van der Waals surface area contributed by atoms with Crippen LogP contribution in [0.2, 0.25) is 0 Å². The molecule has 0 aliphatic rings. The van der Waals surface area contributed by atoms with Crippen LogP contribution in [0.25, 0.3) is 0 Å². The van der Waals surface area contributed by atoms with Crippen molar-refractivity contribution in [3.63, 3.8) is 0 Å². The standard InChI is InChI=1S/C12H13F6N3O.ClH/c13-11(14,15)8-3-7(4-9(5-8)12(16,17)18)6-21-10(22)20-2-1-19;/h3-5H,1-2,6,19H2,(H2,20,21,22);1H. The normalized spacial score (nSPS) is 11.6. The number of hydrogen-bond acceptors (Lipinski definition) is 2. The molecule has 11 heteroatoms. The van der Waals surface area contributed by atoms with Crippen molar-refractivity contribution in [3.05, 3.63) is 34.9 Å². The lowest BCUT2D eigenvalue weighted by molar-refractivity contribution is -0.143. The summed E-state index contributed by atoms with van der Waals surface area (Å²) in [4.78, 5) is 11.2. The fraction of sp³-hybridized carbons (Fsp3) is 0.417. The molecule has 0 bridgehead atoms. The minimum atomic E-state index is -4.92. The third-order valence-electron chi connectivity index (χ3n) is 2.53. The van der Waals surface area contributed by atoms with Crippen molar-refractivity contribution >= 4 is 18.4 Å². The molecule has 23 heavy (non-hydrogen) atoms. The van der Waals surface area contributed by atoms with E-state index in [0.29, 0.717) is 12.1 Å². The largest absolute Gasteiger partial charge is 0.416 e. The zero-order chi connectivity index (χ0) is 17.0. The molecular weight excluding hydrogens is 352 g/mol. The van der Waals surface area contributed by atoms with E-state index in [1.807, 2.05) is 0 Å². The Labute approximate surface area is 133 Å². The van der Waals surface area contributed by atoms with E-state index in [1.54, 1.807) is 0 Å². The van der Waals surface area contributed by atoms with Crippen molar-refractivity contribution in [2.24, 2.45) is 5.73 Å². The van der Waals surface area contributed by atoms with Crippen LogP contribution in [0.4, 0.5) is 31.1 Å². The Morgan fingerprint density at radius 2 is 1.43 bits per heavy atom. The van der Waals surface area contributed by atoms with Crippen LogP contribution in [-0.2, 0) is 18.9 Å². The minimum absolute atomic E-state index is 0. The van der Waals surface area contributed by atoms with Gasteiger partial charge in [0.1, 0.15) is 0 Å². The van der Waals surface area contributed by atoms with Crippen LogP contribution in [0.15, 0.2) is 18.2 Å². The second-order valence-corrected chi connectivity index (χ2v) is 4.31. The van der Waals surface area contributed by atoms with Gasteiger partial charge in [-0.1, -0.05) is 0 Å². The summed E-state index contributed by atoms with van der Waals surface area (Å²) < 4.78 is 75.7. The van der Waals surface area contributed by atoms with Gasteiger partial charge in [-0.15, -0.1) is 12.4 Å². The van der Waals surface area contributed by atoms with Crippen molar-refractivity contribution in [3.8, 4) is 0 Å². The van der Waals surface area contributed by atoms with Crippen molar-refractivity contribution in [2.45, 2.75) is 18.9 Å². The molecule has 0 heterocycles. The summed E-state index contributed by atoms with van der Waals surface area (Å²) in [7, 11) is 0. The molecule has 0 aromatic heterocycles. The van der Waals surface area contributed by atoms with Crippen LogP contribution >= 0.6 is 12.4 Å². The molecule has 0 saturated heterocycles. The fourth-order valence-electron chi connectivity index (χ4n) is 1.55. The lowest BCUT2D eigenvalue weighted by Crippen LogP contribution is -2.37. The number of rotatable bonds is 4. The Balaban J connectivity index is 0.00000484. The molecule has 1 aromatic carbocycles. The maximum Gasteiger partial charge on any atom is 0.416 e. The molecule has 0 radical (unpaired) electrons. The van der Waals surface area contributed by atoms with Gasteiger partial charge < -0.3 is 16.4 Å². The molecule has 0 aliphatic heterocycles. The number of halogens is 7. The summed E-state index contributed by atoms with van der Waals surface area (Å²) in [6, 6.07) is 0.394. The summed E-state index contributed by atoms with van der Waals surface area (Å²) in [5.74, 6) is 0. The number of benzene rings is 1. The first-order valence-electron chi connectivity index (χ1n) is 6.04. The monoisotopic (exact) mass is 365 g/mol. The first-order valence-corrected chi connectivity index (χ1v) is 6.04. The number of amides is 2. The molecule has 0 spiro atoms. The molecule has 132 valence electrons. The zero-order valence-corrected chi connectivity index (χ0v) is 12.3. The van der Waals surface area contributed by atoms with Gasteiger partial charge in [0.05, 0.1) is 11.1 Å². The molecule has 0 saturated carbocycles. The van der Waals surface area contributed by atoms with E-state index in [-0.39, 0.29) is 37.1 Å². The zero-order valence-electron chi connectivity index (χ0n) is 11.5. The van der Waals surface area contributed by atoms with Crippen molar-refractivity contribution in [1.29, 1.82) is 0 Å². The van der Waals surface area contributed by atoms with Crippen LogP contribution in [0.5, 0.6) is 0 Å². The first-order chi connectivity index (χ1) is 10.0. The molecule has 2 amide bonds. The van der Waals surface area contributed by atoms with Gasteiger partial charge in [-0.25, -0.2) is 4.79 Å². The van der Waals surface area contributed by atoms with Crippen LogP contribution in [-0.4, -0.2) is 19.1 Å². The van der Waals surface area contributed by atoms with Gasteiger partial charge in [-0.2, -0.15) is 26.3 Å². The van der Waals surface area contributed by atoms with Gasteiger partial charge in [-0.3, -0.25) is 0 Å². The average molecular weight is 366 g/mol. The molecule has 4 N–H and O–H groups in total. The second kappa shape index (κ2) is 8.25. The lowest BCUT2D eigenvalue weighted by atomic mass is 10.0. The number of urea groups is 1. The molecule has 0 aliphatic carbocycles. The first kappa shape index (κ1) is 21.3. The number of carbonyl (C=O) groups excluding carboxylic acids is 1. The fourth-order valence-corrected chi connectivity index (χ4v) is 1.55. The Bertz CT molecular complexity index is 500. The van der Waals surface area contributed by atoms with Gasteiger partial charge in [0.2, 0.25) is 0 Å². The molecule has 1 aromatic rings. The topological polar surface area (TPSA) is 67.1 Å². The van der Waals surface area contributed by atoms with Crippen LogP contribution < -0.4 is 16.4 Å². The van der Waals surface area contributed by atoms with Crippen molar-refractivity contribution in [1.82, 2.24) is 10.6 Å². The van der Waals surface area contributed by atoms with E-state index >= 15 is 0 Å². The smallest absolute Gasteiger partial charge is 0.337 e. The SMILES string of the molecule is Cl.NCCNC(=O)NCc1cc(C(F)(F)F)cc(C(F)(F)F)c1. The third kappa shape index (κ3) is 6.95. The van der Waals surface area contributed by atoms with E-state index in [0.717, 1.165) is 0 Å². The van der Waals surface area contributed by atoms with Gasteiger partial charge in [0.25, 0.3) is 0 Å².